The van der Waals surface area contributed by atoms with Gasteiger partial charge < -0.3 is 9.80 Å². The predicted molar refractivity (Wildman–Crippen MR) is 405 cm³/mol. The van der Waals surface area contributed by atoms with E-state index in [2.05, 4.69) is 283 Å². The number of hydrogen-bond donors (Lipinski definition) is 0. The summed E-state index contributed by atoms with van der Waals surface area (Å²) in [5.41, 5.74) is 65.1. The number of hydrogen-bond acceptors (Lipinski definition) is 2. The summed E-state index contributed by atoms with van der Waals surface area (Å²) < 4.78 is 0. The highest BCUT2D eigenvalue weighted by Gasteiger charge is 2.42. The second kappa shape index (κ2) is 23.8. The number of nitrogens with zero attached hydrogens (tertiary/aromatic N) is 2. The van der Waals surface area contributed by atoms with Crippen molar-refractivity contribution in [2.75, 3.05) is 9.80 Å². The van der Waals surface area contributed by atoms with Crippen LogP contribution in [0, 0.1) is 235 Å². The van der Waals surface area contributed by atoms with Gasteiger partial charge in [0.1, 0.15) is 0 Å². The molecule has 0 saturated heterocycles. The summed E-state index contributed by atoms with van der Waals surface area (Å²) in [6.45, 7) is 84.9. The first-order valence-electron chi connectivity index (χ1n) is 33.9. The monoisotopic (exact) mass is 1210 g/mol. The minimum Gasteiger partial charge on any atom is -0.309 e. The molecule has 478 valence electrons. The summed E-state index contributed by atoms with van der Waals surface area (Å²) in [6.07, 6.45) is 9.86. The predicted octanol–water partition coefficient (Wildman–Crippen LogP) is 25.8. The fourth-order valence-electron chi connectivity index (χ4n) is 17.3. The maximum Gasteiger partial charge on any atom is 0.0526 e. The third-order valence-electron chi connectivity index (χ3n) is 25.5. The average Bonchev–Trinajstić information content (AvgIpc) is 1.59. The molecular weight excluding hydrogens is 1100 g/mol. The van der Waals surface area contributed by atoms with Crippen LogP contribution < -0.4 is 9.80 Å². The minimum absolute atomic E-state index is 0.229. The third kappa shape index (κ3) is 9.82. The molecule has 8 aromatic carbocycles. The SMILES string of the molecule is Cc1c(C)c(C)c(N(c2c(C)c(C)c(C)c(C)c2C)c2c(C)c(C)c(/C=C/c3c(C)c(C)c4c(c3C)C(C)(C)c3c(C)c(/C=C/c5c(C)c(C)c(N(c6c(C)c(C)c(C)c(C)c6C)c6c(C)c(C)c(C)c(C)c6C)c(C)c5C)c(C)c(C)c3-4)c(C)c2C)c(C)c1C. The van der Waals surface area contributed by atoms with Crippen LogP contribution in [0.1, 0.15) is 236 Å². The lowest BCUT2D eigenvalue weighted by atomic mass is 9.75. The van der Waals surface area contributed by atoms with Crippen LogP contribution in [0.3, 0.4) is 0 Å². The maximum atomic E-state index is 2.69. The van der Waals surface area contributed by atoms with Crippen molar-refractivity contribution in [2.24, 2.45) is 0 Å². The Balaban J connectivity index is 1.17. The number of benzene rings is 8. The van der Waals surface area contributed by atoms with E-state index in [4.69, 9.17) is 0 Å². The van der Waals surface area contributed by atoms with Gasteiger partial charge >= 0.3 is 0 Å². The number of anilines is 6. The van der Waals surface area contributed by atoms with Crippen LogP contribution in [-0.4, -0.2) is 0 Å². The summed E-state index contributed by atoms with van der Waals surface area (Å²) >= 11 is 0. The van der Waals surface area contributed by atoms with E-state index in [9.17, 15) is 0 Å². The Kier molecular flexibility index (Phi) is 17.8. The molecule has 1 aliphatic carbocycles. The maximum absolute atomic E-state index is 2.69. The molecular formula is C89H112N2. The molecule has 0 aliphatic heterocycles. The van der Waals surface area contributed by atoms with E-state index in [1.165, 1.54) is 268 Å². The first-order valence-corrected chi connectivity index (χ1v) is 33.9. The molecule has 91 heavy (non-hydrogen) atoms. The van der Waals surface area contributed by atoms with Crippen LogP contribution >= 0.6 is 0 Å². The fraction of sp³-hybridized carbons (Fsp3) is 0.416. The van der Waals surface area contributed by atoms with E-state index in [0.29, 0.717) is 0 Å². The first kappa shape index (κ1) is 68.2. The first-order chi connectivity index (χ1) is 42.2. The second-order valence-corrected chi connectivity index (χ2v) is 29.5. The topological polar surface area (TPSA) is 6.48 Å². The van der Waals surface area contributed by atoms with Gasteiger partial charge in [0.15, 0.2) is 0 Å². The molecule has 8 aromatic rings. The van der Waals surface area contributed by atoms with Gasteiger partial charge in [0.25, 0.3) is 0 Å². The molecule has 2 nitrogen and oxygen atoms in total. The van der Waals surface area contributed by atoms with Crippen molar-refractivity contribution in [3.8, 4) is 11.1 Å². The Morgan fingerprint density at radius 3 is 0.473 bits per heavy atom. The van der Waals surface area contributed by atoms with Crippen LogP contribution in [0.4, 0.5) is 34.1 Å². The van der Waals surface area contributed by atoms with Crippen molar-refractivity contribution < 1.29 is 0 Å². The Bertz CT molecular complexity index is 4000. The van der Waals surface area contributed by atoms with Gasteiger partial charge in [0, 0.05) is 5.41 Å². The minimum atomic E-state index is -0.229. The molecule has 0 spiro atoms. The van der Waals surface area contributed by atoms with Crippen molar-refractivity contribution in [2.45, 2.75) is 255 Å². The van der Waals surface area contributed by atoms with Crippen LogP contribution in [-0.2, 0) is 5.41 Å². The van der Waals surface area contributed by atoms with E-state index in [-0.39, 0.29) is 5.41 Å². The van der Waals surface area contributed by atoms with E-state index in [0.717, 1.165) is 0 Å². The highest BCUT2D eigenvalue weighted by Crippen LogP contribution is 2.58. The number of fused-ring (bicyclic) bond motifs is 3. The smallest absolute Gasteiger partial charge is 0.0526 e. The fourth-order valence-corrected chi connectivity index (χ4v) is 17.3. The Morgan fingerprint density at radius 1 is 0.165 bits per heavy atom. The normalized spacial score (nSPS) is 12.8. The molecule has 0 saturated carbocycles. The molecule has 0 amide bonds. The molecule has 1 aliphatic rings. The summed E-state index contributed by atoms with van der Waals surface area (Å²) in [5.74, 6) is 0. The number of rotatable bonds is 10. The van der Waals surface area contributed by atoms with Gasteiger partial charge in [0.05, 0.1) is 34.1 Å². The lowest BCUT2D eigenvalue weighted by Gasteiger charge is -2.37. The molecule has 0 N–H and O–H groups in total. The quantitative estimate of drug-likeness (QED) is 0.126. The van der Waals surface area contributed by atoms with Crippen molar-refractivity contribution in [1.82, 2.24) is 0 Å². The standard InChI is InChI=1S/C89H112N2/c1-41-45(5)61(21)83(62(22)46(41)6)90(84-63(23)47(7)42(2)48(8)64(84)24)87-69(29)55(15)75(56(16)70(87)30)37-39-77-53(13)59(19)79-80-60(20)54(14)78(74(34)82(80)89(35,36)81(79)73(77)33)40-38-76-57(17)71(31)88(72(32)58(76)18)91(85-65(25)49(9)43(3)50(10)66(85)26)86-67(27)51(11)44(4)52(12)68(86)28/h37-40H,1-36H3/b39-37+,40-38+. The summed E-state index contributed by atoms with van der Waals surface area (Å²) in [7, 11) is 0. The van der Waals surface area contributed by atoms with Crippen LogP contribution in [0.25, 0.3) is 35.4 Å². The molecule has 0 bridgehead atoms. The molecule has 0 fully saturated rings. The van der Waals surface area contributed by atoms with Gasteiger partial charge in [-0.3, -0.25) is 0 Å². The van der Waals surface area contributed by atoms with Gasteiger partial charge in [-0.05, 0) is 469 Å². The highest BCUT2D eigenvalue weighted by atomic mass is 15.2. The van der Waals surface area contributed by atoms with Crippen LogP contribution in [0.2, 0.25) is 0 Å². The van der Waals surface area contributed by atoms with E-state index in [1.54, 1.807) is 0 Å². The van der Waals surface area contributed by atoms with Crippen molar-refractivity contribution >= 4 is 58.4 Å². The molecule has 2 heteroatoms. The lowest BCUT2D eigenvalue weighted by molar-refractivity contribution is 0.649. The molecule has 0 atom stereocenters. The van der Waals surface area contributed by atoms with Gasteiger partial charge in [-0.15, -0.1) is 0 Å². The van der Waals surface area contributed by atoms with Gasteiger partial charge in [-0.1, -0.05) is 38.2 Å². The van der Waals surface area contributed by atoms with Gasteiger partial charge in [-0.2, -0.15) is 0 Å². The van der Waals surface area contributed by atoms with E-state index in [1.807, 2.05) is 0 Å². The average molecular weight is 1210 g/mol. The Hall–Kier alpha value is -7.16. The molecule has 0 radical (unpaired) electrons. The lowest BCUT2D eigenvalue weighted by Crippen LogP contribution is -2.21. The zero-order valence-corrected chi connectivity index (χ0v) is 63.7. The molecule has 0 unspecified atom stereocenters. The van der Waals surface area contributed by atoms with E-state index < -0.39 is 0 Å². The summed E-state index contributed by atoms with van der Waals surface area (Å²) in [5, 5.41) is 0. The van der Waals surface area contributed by atoms with Crippen LogP contribution in [0.15, 0.2) is 0 Å². The van der Waals surface area contributed by atoms with Crippen LogP contribution in [0.5, 0.6) is 0 Å². The molecule has 0 heterocycles. The largest absolute Gasteiger partial charge is 0.309 e. The Morgan fingerprint density at radius 2 is 0.297 bits per heavy atom. The van der Waals surface area contributed by atoms with Crippen molar-refractivity contribution in [1.29, 1.82) is 0 Å². The zero-order chi connectivity index (χ0) is 68.2. The van der Waals surface area contributed by atoms with Crippen molar-refractivity contribution in [3.63, 3.8) is 0 Å². The van der Waals surface area contributed by atoms with E-state index >= 15 is 0 Å². The summed E-state index contributed by atoms with van der Waals surface area (Å²) in [4.78, 5) is 5.38. The van der Waals surface area contributed by atoms with Gasteiger partial charge in [-0.25, -0.2) is 0 Å². The summed E-state index contributed by atoms with van der Waals surface area (Å²) in [6, 6.07) is 0. The molecule has 0 aromatic heterocycles. The van der Waals surface area contributed by atoms with Crippen molar-refractivity contribution in [3.05, 3.63) is 223 Å². The molecule has 9 rings (SSSR count). The second-order valence-electron chi connectivity index (χ2n) is 29.5. The zero-order valence-electron chi connectivity index (χ0n) is 63.7. The van der Waals surface area contributed by atoms with Gasteiger partial charge in [0.2, 0.25) is 0 Å². The Labute approximate surface area is 553 Å². The third-order valence-corrected chi connectivity index (χ3v) is 25.5. The highest BCUT2D eigenvalue weighted by molar-refractivity contribution is 5.97.